The number of nitrogens with zero attached hydrogens (tertiary/aromatic N) is 5. The molecule has 3 aromatic rings. The molecule has 1 amide bonds. The third-order valence-electron chi connectivity index (χ3n) is 7.55. The summed E-state index contributed by atoms with van der Waals surface area (Å²) in [6, 6.07) is 12.1. The van der Waals surface area contributed by atoms with E-state index in [9.17, 15) is 4.79 Å². The number of likely N-dealkylation sites (tertiary alicyclic amines) is 2. The van der Waals surface area contributed by atoms with Gasteiger partial charge < -0.3 is 19.2 Å². The molecule has 0 bridgehead atoms. The SMILES string of the molecule is CN1CCC(N2CC(c3nnc([C@H]4C[C@H](NC(=O)c5cc(-c6ccccc6)no5)C4)o3)C2)CC1. The minimum Gasteiger partial charge on any atom is -0.425 e. The zero-order valence-electron chi connectivity index (χ0n) is 19.4. The third-order valence-corrected chi connectivity index (χ3v) is 7.55. The van der Waals surface area contributed by atoms with Gasteiger partial charge in [-0.25, -0.2) is 0 Å². The van der Waals surface area contributed by atoms with Crippen LogP contribution in [0, 0.1) is 0 Å². The molecule has 1 N–H and O–H groups in total. The van der Waals surface area contributed by atoms with Crippen LogP contribution < -0.4 is 5.32 Å². The van der Waals surface area contributed by atoms with Crippen molar-refractivity contribution < 1.29 is 13.7 Å². The Morgan fingerprint density at radius 3 is 2.47 bits per heavy atom. The Balaban J connectivity index is 0.969. The Hall–Kier alpha value is -3.04. The number of nitrogens with one attached hydrogen (secondary N) is 1. The van der Waals surface area contributed by atoms with Crippen LogP contribution in [0.3, 0.4) is 0 Å². The summed E-state index contributed by atoms with van der Waals surface area (Å²) in [5.41, 5.74) is 1.57. The lowest BCUT2D eigenvalue weighted by Crippen LogP contribution is -2.53. The minimum absolute atomic E-state index is 0.0711. The molecule has 178 valence electrons. The summed E-state index contributed by atoms with van der Waals surface area (Å²) in [4.78, 5) is 17.5. The van der Waals surface area contributed by atoms with E-state index in [0.29, 0.717) is 23.5 Å². The molecule has 0 spiro atoms. The highest BCUT2D eigenvalue weighted by Crippen LogP contribution is 2.38. The Kier molecular flexibility index (Phi) is 5.66. The van der Waals surface area contributed by atoms with Gasteiger partial charge in [-0.2, -0.15) is 0 Å². The molecule has 2 aromatic heterocycles. The third kappa shape index (κ3) is 4.25. The average Bonchev–Trinajstić information content (AvgIpc) is 3.47. The van der Waals surface area contributed by atoms with Crippen LogP contribution in [0.15, 0.2) is 45.3 Å². The smallest absolute Gasteiger partial charge is 0.290 e. The number of hydrogen-bond acceptors (Lipinski definition) is 8. The molecule has 1 aliphatic carbocycles. The fourth-order valence-electron chi connectivity index (χ4n) is 5.22. The first kappa shape index (κ1) is 21.5. The van der Waals surface area contributed by atoms with Crippen LogP contribution in [0.1, 0.15) is 59.9 Å². The van der Waals surface area contributed by atoms with Gasteiger partial charge in [0.1, 0.15) is 5.69 Å². The van der Waals surface area contributed by atoms with Gasteiger partial charge in [0.15, 0.2) is 0 Å². The number of benzene rings is 1. The van der Waals surface area contributed by atoms with Crippen molar-refractivity contribution in [3.63, 3.8) is 0 Å². The normalized spacial score (nSPS) is 24.5. The second-order valence-electron chi connectivity index (χ2n) is 9.94. The Morgan fingerprint density at radius 2 is 1.74 bits per heavy atom. The summed E-state index contributed by atoms with van der Waals surface area (Å²) in [6.07, 6.45) is 4.07. The summed E-state index contributed by atoms with van der Waals surface area (Å²) < 4.78 is 11.3. The second kappa shape index (κ2) is 8.96. The summed E-state index contributed by atoms with van der Waals surface area (Å²) in [6.45, 7) is 4.39. The van der Waals surface area contributed by atoms with Gasteiger partial charge in [0, 0.05) is 42.7 Å². The van der Waals surface area contributed by atoms with Gasteiger partial charge in [-0.3, -0.25) is 9.69 Å². The number of piperidine rings is 1. The lowest BCUT2D eigenvalue weighted by atomic mass is 9.80. The highest BCUT2D eigenvalue weighted by atomic mass is 16.5. The maximum atomic E-state index is 12.6. The number of hydrogen-bond donors (Lipinski definition) is 1. The monoisotopic (exact) mass is 462 g/mol. The number of carbonyl (C=O) groups is 1. The fourth-order valence-corrected chi connectivity index (χ4v) is 5.22. The maximum absolute atomic E-state index is 12.6. The van der Waals surface area contributed by atoms with E-state index in [1.807, 2.05) is 30.3 Å². The first-order valence-electron chi connectivity index (χ1n) is 12.2. The van der Waals surface area contributed by atoms with Crippen LogP contribution in [-0.4, -0.2) is 76.4 Å². The lowest BCUT2D eigenvalue weighted by Gasteiger charge is -2.45. The fraction of sp³-hybridized carbons (Fsp3) is 0.520. The molecule has 2 saturated heterocycles. The first-order chi connectivity index (χ1) is 16.6. The van der Waals surface area contributed by atoms with Gasteiger partial charge >= 0.3 is 0 Å². The number of rotatable bonds is 6. The standard InChI is InChI=1S/C25H30N6O3/c1-30-9-7-20(8-10-30)31-14-18(15-31)25-28-27-24(33-25)17-11-19(12-17)26-23(32)22-13-21(29-34-22)16-5-3-2-4-6-16/h2-6,13,17-20H,7-12,14-15H2,1H3,(H,26,32)/t17-,19-. The van der Waals surface area contributed by atoms with E-state index < -0.39 is 0 Å². The van der Waals surface area contributed by atoms with E-state index in [1.54, 1.807) is 6.07 Å². The highest BCUT2D eigenvalue weighted by molar-refractivity contribution is 5.92. The quantitative estimate of drug-likeness (QED) is 0.597. The predicted octanol–water partition coefficient (Wildman–Crippen LogP) is 2.89. The molecule has 0 unspecified atom stereocenters. The number of aromatic nitrogens is 3. The van der Waals surface area contributed by atoms with Gasteiger partial charge in [-0.05, 0) is 45.8 Å². The van der Waals surface area contributed by atoms with Crippen molar-refractivity contribution in [2.24, 2.45) is 0 Å². The maximum Gasteiger partial charge on any atom is 0.290 e. The molecule has 34 heavy (non-hydrogen) atoms. The molecule has 9 heteroatoms. The Morgan fingerprint density at radius 1 is 1.03 bits per heavy atom. The molecule has 1 aromatic carbocycles. The topological polar surface area (TPSA) is 101 Å². The van der Waals surface area contributed by atoms with Crippen molar-refractivity contribution in [3.8, 4) is 11.3 Å². The average molecular weight is 463 g/mol. The highest BCUT2D eigenvalue weighted by Gasteiger charge is 2.40. The van der Waals surface area contributed by atoms with E-state index in [0.717, 1.165) is 37.4 Å². The van der Waals surface area contributed by atoms with Gasteiger partial charge in [0.25, 0.3) is 5.91 Å². The van der Waals surface area contributed by atoms with Gasteiger partial charge in [0.05, 0.1) is 5.92 Å². The first-order valence-corrected chi connectivity index (χ1v) is 12.2. The van der Waals surface area contributed by atoms with E-state index in [1.165, 1.54) is 25.9 Å². The van der Waals surface area contributed by atoms with Gasteiger partial charge in [-0.1, -0.05) is 35.5 Å². The molecule has 0 atom stereocenters. The molecule has 9 nitrogen and oxygen atoms in total. The molecule has 3 fully saturated rings. The van der Waals surface area contributed by atoms with Crippen LogP contribution in [0.5, 0.6) is 0 Å². The molecule has 2 aliphatic heterocycles. The molecular weight excluding hydrogens is 432 g/mol. The van der Waals surface area contributed by atoms with E-state index >= 15 is 0 Å². The summed E-state index contributed by atoms with van der Waals surface area (Å²) >= 11 is 0. The van der Waals surface area contributed by atoms with Crippen LogP contribution in [-0.2, 0) is 0 Å². The molecule has 3 aliphatic rings. The van der Waals surface area contributed by atoms with Crippen molar-refractivity contribution in [3.05, 3.63) is 53.9 Å². The van der Waals surface area contributed by atoms with Crippen molar-refractivity contribution in [1.29, 1.82) is 0 Å². The predicted molar refractivity (Wildman–Crippen MR) is 124 cm³/mol. The van der Waals surface area contributed by atoms with Crippen LogP contribution in [0.4, 0.5) is 0 Å². The zero-order chi connectivity index (χ0) is 23.1. The Labute approximate surface area is 198 Å². The number of carbonyl (C=O) groups excluding carboxylic acids is 1. The molecule has 1 saturated carbocycles. The van der Waals surface area contributed by atoms with Crippen LogP contribution in [0.2, 0.25) is 0 Å². The molecular formula is C25H30N6O3. The summed E-state index contributed by atoms with van der Waals surface area (Å²) in [5, 5.41) is 15.7. The minimum atomic E-state index is -0.243. The van der Waals surface area contributed by atoms with Crippen LogP contribution in [0.25, 0.3) is 11.3 Å². The molecule has 4 heterocycles. The summed E-state index contributed by atoms with van der Waals surface area (Å²) in [7, 11) is 2.20. The van der Waals surface area contributed by atoms with E-state index in [4.69, 9.17) is 8.94 Å². The molecule has 0 radical (unpaired) electrons. The van der Waals surface area contributed by atoms with Gasteiger partial charge in [-0.15, -0.1) is 10.2 Å². The van der Waals surface area contributed by atoms with Crippen LogP contribution >= 0.6 is 0 Å². The second-order valence-corrected chi connectivity index (χ2v) is 9.94. The number of amides is 1. The van der Waals surface area contributed by atoms with Crippen molar-refractivity contribution in [2.45, 2.75) is 49.6 Å². The molecule has 6 rings (SSSR count). The largest absolute Gasteiger partial charge is 0.425 e. The van der Waals surface area contributed by atoms with Crippen molar-refractivity contribution in [1.82, 2.24) is 30.5 Å². The zero-order valence-corrected chi connectivity index (χ0v) is 19.4. The van der Waals surface area contributed by atoms with Gasteiger partial charge in [0.2, 0.25) is 17.5 Å². The van der Waals surface area contributed by atoms with Crippen molar-refractivity contribution in [2.75, 3.05) is 33.2 Å². The van der Waals surface area contributed by atoms with Crippen molar-refractivity contribution >= 4 is 5.91 Å². The van der Waals surface area contributed by atoms with E-state index in [-0.39, 0.29) is 23.6 Å². The lowest BCUT2D eigenvalue weighted by molar-refractivity contribution is 0.0433. The van der Waals surface area contributed by atoms with E-state index in [2.05, 4.69) is 37.5 Å². The summed E-state index contributed by atoms with van der Waals surface area (Å²) in [5.74, 6) is 1.99. The Bertz CT molecular complexity index is 1120.